The zero-order chi connectivity index (χ0) is 33.0. The highest BCUT2D eigenvalue weighted by Crippen LogP contribution is 2.42. The van der Waals surface area contributed by atoms with Crippen molar-refractivity contribution in [2.24, 2.45) is 0 Å². The Morgan fingerprint density at radius 1 is 1.02 bits per heavy atom. The standard InChI is InChI=1S/C31H48ClN3O7SSi/c1-21-26(22(2)35(33-21)17-20-39-6)27-25(32)15-14-24-23(13-11-19-42-44(9,10)31(3,4)5)29(30(36)40-7)34(28(24)27)16-12-18-41-43(8,37)38/h14-15H,11-13,16-20H2,1-10H3. The summed E-state index contributed by atoms with van der Waals surface area (Å²) in [6.45, 7) is 16.9. The molecule has 3 rings (SSSR count). The second-order valence-corrected chi connectivity index (χ2v) is 19.5. The molecule has 0 unspecified atom stereocenters. The summed E-state index contributed by atoms with van der Waals surface area (Å²) < 4.78 is 49.2. The van der Waals surface area contributed by atoms with Gasteiger partial charge in [0.15, 0.2) is 8.32 Å². The number of carbonyl (C=O) groups is 1. The molecule has 3 aromatic rings. The molecule has 0 N–H and O–H groups in total. The Morgan fingerprint density at radius 2 is 1.70 bits per heavy atom. The lowest BCUT2D eigenvalue weighted by Crippen LogP contribution is -2.41. The zero-order valence-electron chi connectivity index (χ0n) is 27.8. The molecular weight excluding hydrogens is 622 g/mol. The van der Waals surface area contributed by atoms with Crippen LogP contribution in [0.1, 0.15) is 61.1 Å². The monoisotopic (exact) mass is 669 g/mol. The number of hydrogen-bond acceptors (Lipinski definition) is 8. The van der Waals surface area contributed by atoms with Gasteiger partial charge in [0, 0.05) is 42.5 Å². The van der Waals surface area contributed by atoms with Crippen LogP contribution in [0, 0.1) is 13.8 Å². The van der Waals surface area contributed by atoms with Gasteiger partial charge in [-0.25, -0.2) is 4.79 Å². The lowest BCUT2D eigenvalue weighted by Gasteiger charge is -2.36. The summed E-state index contributed by atoms with van der Waals surface area (Å²) in [6.07, 6.45) is 2.64. The van der Waals surface area contributed by atoms with Gasteiger partial charge in [0.1, 0.15) is 5.69 Å². The van der Waals surface area contributed by atoms with Crippen molar-refractivity contribution < 1.29 is 31.3 Å². The maximum Gasteiger partial charge on any atom is 0.354 e. The van der Waals surface area contributed by atoms with E-state index in [9.17, 15) is 13.2 Å². The number of carbonyl (C=O) groups excluding carboxylic acids is 1. The number of benzene rings is 1. The van der Waals surface area contributed by atoms with Gasteiger partial charge < -0.3 is 18.5 Å². The quantitative estimate of drug-likeness (QED) is 0.0778. The lowest BCUT2D eigenvalue weighted by molar-refractivity contribution is 0.0587. The van der Waals surface area contributed by atoms with E-state index in [-0.39, 0.29) is 11.6 Å². The molecule has 0 aliphatic rings. The average molecular weight is 670 g/mol. The van der Waals surface area contributed by atoms with Gasteiger partial charge in [-0.3, -0.25) is 8.86 Å². The van der Waals surface area contributed by atoms with Crippen molar-refractivity contribution in [3.63, 3.8) is 0 Å². The van der Waals surface area contributed by atoms with Crippen molar-refractivity contribution in [1.82, 2.24) is 14.3 Å². The normalized spacial score (nSPS) is 12.8. The summed E-state index contributed by atoms with van der Waals surface area (Å²) >= 11 is 6.97. The van der Waals surface area contributed by atoms with Crippen molar-refractivity contribution >= 4 is 46.9 Å². The average Bonchev–Trinajstić information content (AvgIpc) is 3.38. The minimum atomic E-state index is -3.61. The number of aromatic nitrogens is 3. The van der Waals surface area contributed by atoms with Gasteiger partial charge in [0.2, 0.25) is 0 Å². The summed E-state index contributed by atoms with van der Waals surface area (Å²) in [4.78, 5) is 13.5. The van der Waals surface area contributed by atoms with Gasteiger partial charge in [-0.05, 0) is 62.9 Å². The summed E-state index contributed by atoms with van der Waals surface area (Å²) in [5.74, 6) is -0.475. The molecule has 0 spiro atoms. The van der Waals surface area contributed by atoms with Crippen LogP contribution in [-0.2, 0) is 47.7 Å². The summed E-state index contributed by atoms with van der Waals surface area (Å²) in [5, 5.41) is 6.25. The summed E-state index contributed by atoms with van der Waals surface area (Å²) in [5.41, 5.74) is 5.40. The third-order valence-electron chi connectivity index (χ3n) is 8.46. The number of aryl methyl sites for hydroxylation is 3. The van der Waals surface area contributed by atoms with E-state index in [2.05, 4.69) is 33.9 Å². The zero-order valence-corrected chi connectivity index (χ0v) is 30.4. The maximum atomic E-state index is 13.5. The third kappa shape index (κ3) is 8.13. The molecule has 2 heterocycles. The predicted molar refractivity (Wildman–Crippen MR) is 178 cm³/mol. The Labute approximate surface area is 268 Å². The van der Waals surface area contributed by atoms with E-state index in [0.717, 1.165) is 45.2 Å². The second kappa shape index (κ2) is 14.5. The molecule has 10 nitrogen and oxygen atoms in total. The maximum absolute atomic E-state index is 13.5. The number of fused-ring (bicyclic) bond motifs is 1. The van der Waals surface area contributed by atoms with Crippen LogP contribution in [0.25, 0.3) is 22.0 Å². The van der Waals surface area contributed by atoms with Crippen LogP contribution in [0.4, 0.5) is 0 Å². The lowest BCUT2D eigenvalue weighted by atomic mass is 9.98. The van der Waals surface area contributed by atoms with E-state index in [1.807, 2.05) is 35.2 Å². The Kier molecular flexibility index (Phi) is 11.9. The summed E-state index contributed by atoms with van der Waals surface area (Å²) in [6, 6.07) is 3.81. The molecule has 1 aromatic carbocycles. The van der Waals surface area contributed by atoms with Gasteiger partial charge in [-0.15, -0.1) is 0 Å². The highest BCUT2D eigenvalue weighted by molar-refractivity contribution is 7.85. The first-order valence-electron chi connectivity index (χ1n) is 14.9. The largest absolute Gasteiger partial charge is 0.464 e. The number of esters is 1. The van der Waals surface area contributed by atoms with Crippen molar-refractivity contribution in [1.29, 1.82) is 0 Å². The van der Waals surface area contributed by atoms with Crippen LogP contribution in [0.15, 0.2) is 12.1 Å². The van der Waals surface area contributed by atoms with E-state index in [0.29, 0.717) is 56.3 Å². The first-order chi connectivity index (χ1) is 20.4. The van der Waals surface area contributed by atoms with E-state index in [4.69, 9.17) is 34.8 Å². The highest BCUT2D eigenvalue weighted by Gasteiger charge is 2.37. The van der Waals surface area contributed by atoms with Crippen LogP contribution in [0.2, 0.25) is 23.2 Å². The molecule has 0 fully saturated rings. The number of rotatable bonds is 15. The van der Waals surface area contributed by atoms with Crippen LogP contribution >= 0.6 is 11.6 Å². The number of halogens is 1. The molecule has 246 valence electrons. The van der Waals surface area contributed by atoms with Gasteiger partial charge in [-0.1, -0.05) is 38.4 Å². The molecule has 0 radical (unpaired) electrons. The Morgan fingerprint density at radius 3 is 2.30 bits per heavy atom. The van der Waals surface area contributed by atoms with E-state index in [1.165, 1.54) is 7.11 Å². The molecule has 0 atom stereocenters. The fourth-order valence-corrected chi connectivity index (χ4v) is 6.97. The van der Waals surface area contributed by atoms with E-state index < -0.39 is 24.4 Å². The van der Waals surface area contributed by atoms with Gasteiger partial charge in [0.05, 0.1) is 49.4 Å². The van der Waals surface area contributed by atoms with Crippen LogP contribution in [0.5, 0.6) is 0 Å². The Bertz CT molecular complexity index is 1590. The topological polar surface area (TPSA) is 111 Å². The molecule has 2 aromatic heterocycles. The Hall–Kier alpha value is -2.22. The fourth-order valence-electron chi connectivity index (χ4n) is 5.22. The third-order valence-corrected chi connectivity index (χ3v) is 13.9. The Balaban J connectivity index is 2.22. The summed E-state index contributed by atoms with van der Waals surface area (Å²) in [7, 11) is -2.54. The van der Waals surface area contributed by atoms with Crippen LogP contribution in [-0.4, -0.2) is 77.3 Å². The fraction of sp³-hybridized carbons (Fsp3) is 0.613. The molecule has 0 aliphatic heterocycles. The SMILES string of the molecule is COCCn1nc(C)c(-c2c(Cl)ccc3c(CCCO[Si](C)(C)C(C)(C)C)c(C(=O)OC)n(CCCOS(C)(=O)=O)c23)c1C. The van der Waals surface area contributed by atoms with Crippen molar-refractivity contribution in [2.75, 3.05) is 40.3 Å². The molecule has 0 amide bonds. The molecule has 13 heteroatoms. The number of nitrogens with zero attached hydrogens (tertiary/aromatic N) is 3. The highest BCUT2D eigenvalue weighted by atomic mass is 35.5. The van der Waals surface area contributed by atoms with Gasteiger partial charge in [0.25, 0.3) is 10.1 Å². The van der Waals surface area contributed by atoms with Gasteiger partial charge in [-0.2, -0.15) is 13.5 Å². The number of hydrogen-bond donors (Lipinski definition) is 0. The predicted octanol–water partition coefficient (Wildman–Crippen LogP) is 6.53. The molecule has 0 saturated heterocycles. The molecule has 0 aliphatic carbocycles. The smallest absolute Gasteiger partial charge is 0.354 e. The molecule has 0 bridgehead atoms. The first kappa shape index (κ1) is 36.2. The minimum Gasteiger partial charge on any atom is -0.464 e. The van der Waals surface area contributed by atoms with E-state index in [1.54, 1.807) is 7.11 Å². The minimum absolute atomic E-state index is 0.0300. The molecule has 0 saturated carbocycles. The van der Waals surface area contributed by atoms with Crippen LogP contribution < -0.4 is 0 Å². The molecule has 44 heavy (non-hydrogen) atoms. The number of ether oxygens (including phenoxy) is 2. The first-order valence-corrected chi connectivity index (χ1v) is 20.0. The van der Waals surface area contributed by atoms with Crippen molar-refractivity contribution in [3.05, 3.63) is 39.8 Å². The number of methoxy groups -OCH3 is 2. The van der Waals surface area contributed by atoms with Gasteiger partial charge >= 0.3 is 5.97 Å². The molecular formula is C31H48ClN3O7SSi. The van der Waals surface area contributed by atoms with Crippen molar-refractivity contribution in [3.8, 4) is 11.1 Å². The van der Waals surface area contributed by atoms with Crippen molar-refractivity contribution in [2.45, 2.75) is 85.1 Å². The van der Waals surface area contributed by atoms with Crippen LogP contribution in [0.3, 0.4) is 0 Å². The second-order valence-electron chi connectivity index (χ2n) is 12.6. The van der Waals surface area contributed by atoms with E-state index >= 15 is 0 Å².